The highest BCUT2D eigenvalue weighted by Crippen LogP contribution is 2.25. The molecule has 0 aliphatic carbocycles. The van der Waals surface area contributed by atoms with Gasteiger partial charge >= 0.3 is 0 Å². The van der Waals surface area contributed by atoms with E-state index in [1.54, 1.807) is 0 Å². The number of nitro benzene ring substituents is 1. The Morgan fingerprint density at radius 3 is 2.81 bits per heavy atom. The lowest BCUT2D eigenvalue weighted by atomic mass is 10.1. The fourth-order valence-corrected chi connectivity index (χ4v) is 2.50. The molecule has 0 spiro atoms. The van der Waals surface area contributed by atoms with Crippen LogP contribution in [0.15, 0.2) is 18.2 Å². The summed E-state index contributed by atoms with van der Waals surface area (Å²) in [7, 11) is 0. The van der Waals surface area contributed by atoms with E-state index >= 15 is 0 Å². The maximum Gasteiger partial charge on any atom is 0.283 e. The second kappa shape index (κ2) is 7.35. The van der Waals surface area contributed by atoms with Gasteiger partial charge in [-0.1, -0.05) is 17.7 Å². The van der Waals surface area contributed by atoms with Crippen LogP contribution in [0.3, 0.4) is 0 Å². The lowest BCUT2D eigenvalue weighted by Crippen LogP contribution is -2.46. The van der Waals surface area contributed by atoms with Crippen molar-refractivity contribution in [1.82, 2.24) is 15.5 Å². The van der Waals surface area contributed by atoms with Crippen LogP contribution in [0.1, 0.15) is 10.4 Å². The van der Waals surface area contributed by atoms with Gasteiger partial charge in [0.1, 0.15) is 5.56 Å². The van der Waals surface area contributed by atoms with Crippen LogP contribution < -0.4 is 10.6 Å². The van der Waals surface area contributed by atoms with Gasteiger partial charge in [-0.3, -0.25) is 19.8 Å². The van der Waals surface area contributed by atoms with Crippen molar-refractivity contribution in [1.29, 1.82) is 0 Å². The van der Waals surface area contributed by atoms with Gasteiger partial charge in [-0.25, -0.2) is 0 Å². The van der Waals surface area contributed by atoms with Crippen molar-refractivity contribution in [3.05, 3.63) is 38.9 Å². The van der Waals surface area contributed by atoms with E-state index in [0.717, 1.165) is 26.2 Å². The predicted molar refractivity (Wildman–Crippen MR) is 79.7 cm³/mol. The number of hydrogen-bond acceptors (Lipinski definition) is 5. The van der Waals surface area contributed by atoms with Gasteiger partial charge in [0.05, 0.1) is 9.95 Å². The highest BCUT2D eigenvalue weighted by atomic mass is 35.5. The minimum absolute atomic E-state index is 0.0792. The predicted octanol–water partition coefficient (Wildman–Crippen LogP) is 0.883. The number of piperazine rings is 1. The highest BCUT2D eigenvalue weighted by Gasteiger charge is 2.23. The Labute approximate surface area is 127 Å². The Morgan fingerprint density at radius 2 is 2.14 bits per heavy atom. The number of amides is 1. The molecular weight excluding hydrogens is 296 g/mol. The molecule has 1 aromatic rings. The summed E-state index contributed by atoms with van der Waals surface area (Å²) in [5.41, 5.74) is -0.355. The summed E-state index contributed by atoms with van der Waals surface area (Å²) in [4.78, 5) is 24.7. The first-order chi connectivity index (χ1) is 10.1. The van der Waals surface area contributed by atoms with Crippen LogP contribution in [0.4, 0.5) is 5.69 Å². The van der Waals surface area contributed by atoms with E-state index in [4.69, 9.17) is 11.6 Å². The fraction of sp³-hybridized carbons (Fsp3) is 0.462. The van der Waals surface area contributed by atoms with Crippen molar-refractivity contribution in [2.45, 2.75) is 0 Å². The molecule has 1 amide bonds. The zero-order valence-electron chi connectivity index (χ0n) is 11.5. The minimum Gasteiger partial charge on any atom is -0.350 e. The second-order valence-corrected chi connectivity index (χ2v) is 5.15. The Balaban J connectivity index is 1.95. The Hall–Kier alpha value is -1.70. The Kier molecular flexibility index (Phi) is 5.49. The van der Waals surface area contributed by atoms with Crippen molar-refractivity contribution in [3.8, 4) is 0 Å². The molecule has 1 aromatic carbocycles. The van der Waals surface area contributed by atoms with Crippen LogP contribution >= 0.6 is 11.6 Å². The van der Waals surface area contributed by atoms with E-state index in [-0.39, 0.29) is 16.3 Å². The van der Waals surface area contributed by atoms with Gasteiger partial charge in [-0.15, -0.1) is 0 Å². The smallest absolute Gasteiger partial charge is 0.283 e. The molecule has 1 saturated heterocycles. The summed E-state index contributed by atoms with van der Waals surface area (Å²) in [6.07, 6.45) is 0. The van der Waals surface area contributed by atoms with Crippen LogP contribution in [0.2, 0.25) is 5.02 Å². The van der Waals surface area contributed by atoms with Crippen LogP contribution in [0.5, 0.6) is 0 Å². The third-order valence-electron chi connectivity index (χ3n) is 3.34. The molecule has 0 saturated carbocycles. The van der Waals surface area contributed by atoms with Crippen molar-refractivity contribution < 1.29 is 9.72 Å². The largest absolute Gasteiger partial charge is 0.350 e. The lowest BCUT2D eigenvalue weighted by molar-refractivity contribution is -0.385. The normalized spacial score (nSPS) is 15.7. The van der Waals surface area contributed by atoms with Gasteiger partial charge < -0.3 is 10.6 Å². The van der Waals surface area contributed by atoms with Gasteiger partial charge in [-0.05, 0) is 6.07 Å². The molecule has 114 valence electrons. The third-order valence-corrected chi connectivity index (χ3v) is 3.65. The minimum atomic E-state index is -0.600. The van der Waals surface area contributed by atoms with Crippen molar-refractivity contribution in [2.75, 3.05) is 39.3 Å². The van der Waals surface area contributed by atoms with E-state index in [9.17, 15) is 14.9 Å². The molecule has 21 heavy (non-hydrogen) atoms. The maximum atomic E-state index is 12.1. The van der Waals surface area contributed by atoms with Gasteiger partial charge in [-0.2, -0.15) is 0 Å². The number of hydrogen-bond donors (Lipinski definition) is 2. The molecule has 0 unspecified atom stereocenters. The van der Waals surface area contributed by atoms with Crippen LogP contribution in [0.25, 0.3) is 0 Å². The average Bonchev–Trinajstić information content (AvgIpc) is 2.47. The van der Waals surface area contributed by atoms with Crippen molar-refractivity contribution in [3.63, 3.8) is 0 Å². The standard InChI is InChI=1S/C13H17ClN4O3/c14-10-2-1-3-11(18(20)21)12(10)13(19)16-6-9-17-7-4-15-5-8-17/h1-3,15H,4-9H2,(H,16,19). The number of benzene rings is 1. The molecule has 1 heterocycles. The first-order valence-electron chi connectivity index (χ1n) is 6.74. The van der Waals surface area contributed by atoms with Gasteiger partial charge in [0.25, 0.3) is 11.6 Å². The van der Waals surface area contributed by atoms with Gasteiger partial charge in [0.2, 0.25) is 0 Å². The maximum absolute atomic E-state index is 12.1. The average molecular weight is 313 g/mol. The molecule has 7 nitrogen and oxygen atoms in total. The molecule has 2 rings (SSSR count). The molecular formula is C13H17ClN4O3. The van der Waals surface area contributed by atoms with Crippen LogP contribution in [0, 0.1) is 10.1 Å². The number of nitrogens with zero attached hydrogens (tertiary/aromatic N) is 2. The number of halogens is 1. The Morgan fingerprint density at radius 1 is 1.43 bits per heavy atom. The molecule has 2 N–H and O–H groups in total. The van der Waals surface area contributed by atoms with E-state index in [0.29, 0.717) is 13.1 Å². The zero-order chi connectivity index (χ0) is 15.2. The second-order valence-electron chi connectivity index (χ2n) is 4.74. The molecule has 8 heteroatoms. The molecule has 0 aromatic heterocycles. The summed E-state index contributed by atoms with van der Waals surface area (Å²) >= 11 is 5.91. The summed E-state index contributed by atoms with van der Waals surface area (Å²) < 4.78 is 0. The first kappa shape index (κ1) is 15.7. The molecule has 0 bridgehead atoms. The monoisotopic (exact) mass is 312 g/mol. The van der Waals surface area contributed by atoms with E-state index < -0.39 is 10.8 Å². The fourth-order valence-electron chi connectivity index (χ4n) is 2.24. The van der Waals surface area contributed by atoms with Crippen LogP contribution in [-0.2, 0) is 0 Å². The van der Waals surface area contributed by atoms with Gasteiger partial charge in [0.15, 0.2) is 0 Å². The summed E-state index contributed by atoms with van der Waals surface area (Å²) in [5, 5.41) is 17.0. The lowest BCUT2D eigenvalue weighted by Gasteiger charge is -2.27. The summed E-state index contributed by atoms with van der Waals surface area (Å²) in [6, 6.07) is 4.20. The number of nitro groups is 1. The van der Waals surface area contributed by atoms with Gasteiger partial charge in [0, 0.05) is 45.3 Å². The number of carbonyl (C=O) groups excluding carboxylic acids is 1. The molecule has 1 aliphatic rings. The number of rotatable bonds is 5. The molecule has 1 fully saturated rings. The first-order valence-corrected chi connectivity index (χ1v) is 7.11. The topological polar surface area (TPSA) is 87.5 Å². The summed E-state index contributed by atoms with van der Waals surface area (Å²) in [6.45, 7) is 4.88. The summed E-state index contributed by atoms with van der Waals surface area (Å²) in [5.74, 6) is -0.512. The van der Waals surface area contributed by atoms with Crippen molar-refractivity contribution >= 4 is 23.2 Å². The van der Waals surface area contributed by atoms with E-state index in [1.807, 2.05) is 0 Å². The van der Waals surface area contributed by atoms with Crippen molar-refractivity contribution in [2.24, 2.45) is 0 Å². The molecule has 0 radical (unpaired) electrons. The Bertz CT molecular complexity index is 532. The number of carbonyl (C=O) groups is 1. The quantitative estimate of drug-likeness (QED) is 0.622. The van der Waals surface area contributed by atoms with Crippen LogP contribution in [-0.4, -0.2) is 55.0 Å². The SMILES string of the molecule is O=C(NCCN1CCNCC1)c1c(Cl)cccc1[N+](=O)[O-]. The molecule has 0 atom stereocenters. The third kappa shape index (κ3) is 4.13. The highest BCUT2D eigenvalue weighted by molar-refractivity contribution is 6.34. The van der Waals surface area contributed by atoms with E-state index in [2.05, 4.69) is 15.5 Å². The molecule has 1 aliphatic heterocycles. The van der Waals surface area contributed by atoms with E-state index in [1.165, 1.54) is 18.2 Å². The zero-order valence-corrected chi connectivity index (χ0v) is 12.2. The number of nitrogens with one attached hydrogen (secondary N) is 2.